The van der Waals surface area contributed by atoms with Crippen LogP contribution >= 0.6 is 11.3 Å². The zero-order valence-electron chi connectivity index (χ0n) is 27.3. The molecule has 12 heteroatoms. The second-order valence-corrected chi connectivity index (χ2v) is 14.0. The number of aromatic nitrogens is 2. The summed E-state index contributed by atoms with van der Waals surface area (Å²) in [5, 5.41) is 23.0. The van der Waals surface area contributed by atoms with Gasteiger partial charge in [0, 0.05) is 54.7 Å². The third-order valence-corrected chi connectivity index (χ3v) is 9.58. The van der Waals surface area contributed by atoms with E-state index in [1.165, 1.54) is 11.3 Å². The number of halogens is 1. The number of benzene rings is 2. The van der Waals surface area contributed by atoms with Gasteiger partial charge in [-0.15, -0.1) is 11.3 Å². The highest BCUT2D eigenvalue weighted by Crippen LogP contribution is 2.32. The molecule has 4 N–H and O–H groups in total. The van der Waals surface area contributed by atoms with Crippen molar-refractivity contribution in [2.75, 3.05) is 13.1 Å². The third kappa shape index (κ3) is 8.36. The summed E-state index contributed by atoms with van der Waals surface area (Å²) in [5.41, 5.74) is 2.89. The summed E-state index contributed by atoms with van der Waals surface area (Å²) in [6, 6.07) is 14.7. The van der Waals surface area contributed by atoms with Crippen molar-refractivity contribution in [1.29, 1.82) is 0 Å². The Bertz CT molecular complexity index is 1760. The summed E-state index contributed by atoms with van der Waals surface area (Å²) in [4.78, 5) is 36.5. The number of piperazine rings is 1. The predicted octanol–water partition coefficient (Wildman–Crippen LogP) is 5.80. The van der Waals surface area contributed by atoms with Gasteiger partial charge in [-0.3, -0.25) is 14.5 Å². The van der Waals surface area contributed by atoms with Crippen LogP contribution in [0.1, 0.15) is 70.9 Å². The summed E-state index contributed by atoms with van der Waals surface area (Å²) >= 11 is 1.43. The molecule has 2 amide bonds. The highest BCUT2D eigenvalue weighted by molar-refractivity contribution is 7.09. The molecule has 252 valence electrons. The second-order valence-electron chi connectivity index (χ2n) is 12.9. The van der Waals surface area contributed by atoms with Crippen LogP contribution in [0.2, 0.25) is 0 Å². The van der Waals surface area contributed by atoms with Crippen LogP contribution in [0.25, 0.3) is 11.1 Å². The smallest absolute Gasteiger partial charge is 0.270 e. The third-order valence-electron chi connectivity index (χ3n) is 8.81. The van der Waals surface area contributed by atoms with Gasteiger partial charge in [-0.2, -0.15) is 0 Å². The van der Waals surface area contributed by atoms with Gasteiger partial charge in [-0.1, -0.05) is 24.3 Å². The van der Waals surface area contributed by atoms with E-state index in [2.05, 4.69) is 44.7 Å². The number of amides is 2. The molecule has 0 bridgehead atoms. The minimum absolute atomic E-state index is 0.00622. The average molecular weight is 673 g/mol. The number of nitrogens with zero attached hydrogens (tertiary/aromatic N) is 3. The number of aromatic hydroxyl groups is 1. The van der Waals surface area contributed by atoms with Crippen molar-refractivity contribution in [3.05, 3.63) is 87.8 Å². The van der Waals surface area contributed by atoms with E-state index in [1.54, 1.807) is 23.6 Å². The van der Waals surface area contributed by atoms with E-state index in [1.807, 2.05) is 31.2 Å². The van der Waals surface area contributed by atoms with Crippen LogP contribution in [0.15, 0.2) is 60.1 Å². The minimum Gasteiger partial charge on any atom is -0.508 e. The van der Waals surface area contributed by atoms with E-state index < -0.39 is 11.7 Å². The quantitative estimate of drug-likeness (QED) is 0.176. The maximum absolute atomic E-state index is 14.3. The molecule has 2 aliphatic rings. The molecule has 1 aliphatic carbocycles. The molecule has 2 aromatic heterocycles. The summed E-state index contributed by atoms with van der Waals surface area (Å²) in [6.07, 6.45) is 3.73. The number of thiazole rings is 1. The molecule has 1 aliphatic heterocycles. The van der Waals surface area contributed by atoms with Crippen molar-refractivity contribution in [2.24, 2.45) is 0 Å². The Kier molecular flexibility index (Phi) is 10.3. The number of nitrogens with one attached hydrogen (secondary N) is 3. The number of rotatable bonds is 9. The van der Waals surface area contributed by atoms with Gasteiger partial charge in [0.25, 0.3) is 11.8 Å². The van der Waals surface area contributed by atoms with Crippen LogP contribution in [0.5, 0.6) is 17.4 Å². The standard InChI is InChI=1S/C36H41FN6O4S/c1-21-17-43(18-22(2)39-21)19-26-8-7-25(14-33(26)44)24-5-4-6-30(13-24)47-36-31(15-27(37)16-38-36)34(45)41-28-9-11-29(12-10-28)42-35(46)32-20-48-23(3)40-32/h4-8,13-16,20-22,28-29,39,44H,9-12,17-19H2,1-3H3,(H,41,45)(H,42,46)/t21-,22+,28-,29-. The molecular weight excluding hydrogens is 631 g/mol. The van der Waals surface area contributed by atoms with Crippen molar-refractivity contribution in [1.82, 2.24) is 30.8 Å². The number of pyridine rings is 1. The zero-order valence-corrected chi connectivity index (χ0v) is 28.1. The molecule has 10 nitrogen and oxygen atoms in total. The number of hydrogen-bond donors (Lipinski definition) is 4. The van der Waals surface area contributed by atoms with E-state index in [-0.39, 0.29) is 35.2 Å². The topological polar surface area (TPSA) is 129 Å². The maximum Gasteiger partial charge on any atom is 0.270 e. The fourth-order valence-corrected chi connectivity index (χ4v) is 7.17. The number of hydrogen-bond acceptors (Lipinski definition) is 9. The molecule has 2 atom stereocenters. The Labute approximate surface area is 283 Å². The molecule has 0 radical (unpaired) electrons. The molecule has 48 heavy (non-hydrogen) atoms. The van der Waals surface area contributed by atoms with Gasteiger partial charge >= 0.3 is 0 Å². The second kappa shape index (κ2) is 14.8. The fraction of sp³-hybridized carbons (Fsp3) is 0.389. The molecule has 1 saturated heterocycles. The Morgan fingerprint density at radius 1 is 1.00 bits per heavy atom. The number of carbonyl (C=O) groups excluding carboxylic acids is 2. The Morgan fingerprint density at radius 3 is 2.35 bits per heavy atom. The Balaban J connectivity index is 1.08. The lowest BCUT2D eigenvalue weighted by Gasteiger charge is -2.36. The van der Waals surface area contributed by atoms with Crippen LogP contribution < -0.4 is 20.7 Å². The largest absolute Gasteiger partial charge is 0.508 e. The minimum atomic E-state index is -0.648. The highest BCUT2D eigenvalue weighted by atomic mass is 32.1. The van der Waals surface area contributed by atoms with E-state index in [4.69, 9.17) is 4.74 Å². The predicted molar refractivity (Wildman–Crippen MR) is 183 cm³/mol. The molecule has 2 aromatic carbocycles. The van der Waals surface area contributed by atoms with Crippen LogP contribution in [-0.4, -0.2) is 69.0 Å². The van der Waals surface area contributed by atoms with Crippen molar-refractivity contribution in [2.45, 2.75) is 77.2 Å². The van der Waals surface area contributed by atoms with E-state index in [0.717, 1.165) is 47.1 Å². The molecule has 2 fully saturated rings. The lowest BCUT2D eigenvalue weighted by Crippen LogP contribution is -2.53. The van der Waals surface area contributed by atoms with E-state index in [0.29, 0.717) is 55.8 Å². The summed E-state index contributed by atoms with van der Waals surface area (Å²) < 4.78 is 20.4. The summed E-state index contributed by atoms with van der Waals surface area (Å²) in [5.74, 6) is -0.684. The van der Waals surface area contributed by atoms with E-state index in [9.17, 15) is 19.1 Å². The maximum atomic E-state index is 14.3. The van der Waals surface area contributed by atoms with Crippen molar-refractivity contribution < 1.29 is 23.8 Å². The van der Waals surface area contributed by atoms with Gasteiger partial charge in [-0.25, -0.2) is 14.4 Å². The van der Waals surface area contributed by atoms with Crippen LogP contribution in [0.3, 0.4) is 0 Å². The first-order valence-electron chi connectivity index (χ1n) is 16.4. The Morgan fingerprint density at radius 2 is 1.69 bits per heavy atom. The van der Waals surface area contributed by atoms with Gasteiger partial charge in [0.05, 0.1) is 11.2 Å². The number of phenolic OH excluding ortho intramolecular Hbond substituents is 1. The molecular formula is C36H41FN6O4S. The van der Waals surface area contributed by atoms with Crippen molar-refractivity contribution in [3.63, 3.8) is 0 Å². The van der Waals surface area contributed by atoms with Crippen molar-refractivity contribution >= 4 is 23.2 Å². The average Bonchev–Trinajstić information content (AvgIpc) is 3.50. The zero-order chi connectivity index (χ0) is 33.8. The van der Waals surface area contributed by atoms with Gasteiger partial charge < -0.3 is 25.8 Å². The van der Waals surface area contributed by atoms with Crippen LogP contribution in [0, 0.1) is 12.7 Å². The van der Waals surface area contributed by atoms with Gasteiger partial charge in [0.15, 0.2) is 0 Å². The molecule has 0 spiro atoms. The number of phenols is 1. The lowest BCUT2D eigenvalue weighted by molar-refractivity contribution is 0.0888. The van der Waals surface area contributed by atoms with Gasteiger partial charge in [-0.05, 0) is 81.8 Å². The molecule has 1 saturated carbocycles. The number of aryl methyl sites for hydroxylation is 1. The van der Waals surface area contributed by atoms with Crippen LogP contribution in [-0.2, 0) is 6.54 Å². The summed E-state index contributed by atoms with van der Waals surface area (Å²) in [7, 11) is 0. The number of ether oxygens (including phenoxy) is 1. The monoisotopic (exact) mass is 672 g/mol. The number of carbonyl (C=O) groups is 2. The first kappa shape index (κ1) is 33.5. The fourth-order valence-electron chi connectivity index (χ4n) is 6.58. The summed E-state index contributed by atoms with van der Waals surface area (Å²) in [6.45, 7) is 8.68. The molecule has 3 heterocycles. The SMILES string of the molecule is Cc1nc(C(=O)N[C@H]2CC[C@H](NC(=O)c3cc(F)cnc3Oc3cccc(-c4ccc(CN5C[C@@H](C)N[C@@H](C)C5)c(O)c4)c3)CC2)cs1. The lowest BCUT2D eigenvalue weighted by atomic mass is 9.91. The van der Waals surface area contributed by atoms with Crippen molar-refractivity contribution in [3.8, 4) is 28.5 Å². The highest BCUT2D eigenvalue weighted by Gasteiger charge is 2.27. The van der Waals surface area contributed by atoms with Gasteiger partial charge in [0.1, 0.15) is 28.6 Å². The van der Waals surface area contributed by atoms with Crippen LogP contribution in [0.4, 0.5) is 4.39 Å². The van der Waals surface area contributed by atoms with Gasteiger partial charge in [0.2, 0.25) is 5.88 Å². The first-order chi connectivity index (χ1) is 23.1. The molecule has 4 aromatic rings. The normalized spacial score (nSPS) is 21.4. The molecule has 0 unspecified atom stereocenters. The Hall–Kier alpha value is -4.39. The first-order valence-corrected chi connectivity index (χ1v) is 17.3. The molecule has 6 rings (SSSR count). The van der Waals surface area contributed by atoms with E-state index >= 15 is 0 Å².